The second-order valence-corrected chi connectivity index (χ2v) is 5.71. The molecule has 0 aliphatic carbocycles. The highest BCUT2D eigenvalue weighted by Crippen LogP contribution is 2.27. The second-order valence-electron chi connectivity index (χ2n) is 5.71. The number of methoxy groups -OCH3 is 2. The number of aliphatic hydroxyl groups is 1. The number of rotatable bonds is 10. The van der Waals surface area contributed by atoms with Gasteiger partial charge in [0.2, 0.25) is 0 Å². The van der Waals surface area contributed by atoms with E-state index in [0.29, 0.717) is 31.2 Å². The van der Waals surface area contributed by atoms with Crippen LogP contribution in [0.15, 0.2) is 42.5 Å². The Balaban J connectivity index is 1.68. The second kappa shape index (κ2) is 9.98. The van der Waals surface area contributed by atoms with Crippen LogP contribution in [-0.4, -0.2) is 38.6 Å². The molecule has 5 nitrogen and oxygen atoms in total. The molecular formula is C19H25FNO4+. The minimum Gasteiger partial charge on any atom is -0.493 e. The molecule has 2 rings (SSSR count). The van der Waals surface area contributed by atoms with Crippen molar-refractivity contribution >= 4 is 0 Å². The fourth-order valence-corrected chi connectivity index (χ4v) is 2.41. The van der Waals surface area contributed by atoms with Crippen LogP contribution in [-0.2, 0) is 17.9 Å². The lowest BCUT2D eigenvalue weighted by Gasteiger charge is -2.12. The SMILES string of the molecule is COc1ccc(COC[C@H](O)C[NH2+]Cc2ccc(F)cc2)cc1OC. The minimum absolute atomic E-state index is 0.243. The van der Waals surface area contributed by atoms with Crippen LogP contribution < -0.4 is 14.8 Å². The van der Waals surface area contributed by atoms with Gasteiger partial charge in [-0.25, -0.2) is 4.39 Å². The molecule has 0 unspecified atom stereocenters. The summed E-state index contributed by atoms with van der Waals surface area (Å²) in [6, 6.07) is 11.9. The molecule has 0 saturated carbocycles. The van der Waals surface area contributed by atoms with Gasteiger partial charge in [0, 0.05) is 5.56 Å². The third-order valence-electron chi connectivity index (χ3n) is 3.76. The summed E-state index contributed by atoms with van der Waals surface area (Å²) >= 11 is 0. The highest BCUT2D eigenvalue weighted by atomic mass is 19.1. The third-order valence-corrected chi connectivity index (χ3v) is 3.76. The van der Waals surface area contributed by atoms with Crippen LogP contribution in [0.3, 0.4) is 0 Å². The molecule has 0 bridgehead atoms. The van der Waals surface area contributed by atoms with E-state index in [9.17, 15) is 9.50 Å². The summed E-state index contributed by atoms with van der Waals surface area (Å²) < 4.78 is 28.8. The first-order valence-corrected chi connectivity index (χ1v) is 8.15. The maximum atomic E-state index is 12.8. The molecule has 25 heavy (non-hydrogen) atoms. The van der Waals surface area contributed by atoms with Crippen LogP contribution in [0.4, 0.5) is 4.39 Å². The Morgan fingerprint density at radius 2 is 1.68 bits per heavy atom. The maximum absolute atomic E-state index is 12.8. The molecule has 1 atom stereocenters. The Hall–Kier alpha value is -2.15. The summed E-state index contributed by atoms with van der Waals surface area (Å²) in [5.74, 6) is 1.07. The maximum Gasteiger partial charge on any atom is 0.161 e. The van der Waals surface area contributed by atoms with Crippen LogP contribution in [0.25, 0.3) is 0 Å². The number of hydrogen-bond acceptors (Lipinski definition) is 4. The molecule has 0 radical (unpaired) electrons. The minimum atomic E-state index is -0.569. The predicted molar refractivity (Wildman–Crippen MR) is 92.1 cm³/mol. The lowest BCUT2D eigenvalue weighted by Crippen LogP contribution is -2.85. The number of nitrogens with two attached hydrogens (primary N) is 1. The van der Waals surface area contributed by atoms with Gasteiger partial charge in [-0.15, -0.1) is 0 Å². The summed E-state index contributed by atoms with van der Waals surface area (Å²) in [5.41, 5.74) is 1.96. The number of aliphatic hydroxyl groups excluding tert-OH is 1. The summed E-state index contributed by atoms with van der Waals surface area (Å²) in [6.45, 7) is 1.83. The van der Waals surface area contributed by atoms with Crippen LogP contribution in [0.1, 0.15) is 11.1 Å². The van der Waals surface area contributed by atoms with Crippen molar-refractivity contribution < 1.29 is 29.0 Å². The largest absolute Gasteiger partial charge is 0.493 e. The zero-order valence-electron chi connectivity index (χ0n) is 14.6. The highest BCUT2D eigenvalue weighted by molar-refractivity contribution is 5.42. The molecule has 0 aliphatic heterocycles. The molecule has 0 heterocycles. The Bertz CT molecular complexity index is 648. The van der Waals surface area contributed by atoms with Gasteiger partial charge < -0.3 is 24.6 Å². The molecule has 0 spiro atoms. The molecule has 0 amide bonds. The van der Waals surface area contributed by atoms with E-state index in [4.69, 9.17) is 14.2 Å². The Morgan fingerprint density at radius 1 is 1.00 bits per heavy atom. The summed E-state index contributed by atoms with van der Waals surface area (Å²) in [7, 11) is 3.18. The van der Waals surface area contributed by atoms with E-state index in [-0.39, 0.29) is 12.4 Å². The average molecular weight is 350 g/mol. The molecule has 0 aliphatic rings. The molecule has 0 saturated heterocycles. The molecule has 0 aromatic heterocycles. The van der Waals surface area contributed by atoms with Crippen LogP contribution in [0, 0.1) is 5.82 Å². The van der Waals surface area contributed by atoms with E-state index in [1.165, 1.54) is 12.1 Å². The first-order chi connectivity index (χ1) is 12.1. The van der Waals surface area contributed by atoms with Gasteiger partial charge in [0.05, 0.1) is 27.4 Å². The Morgan fingerprint density at radius 3 is 2.36 bits per heavy atom. The van der Waals surface area contributed by atoms with Crippen LogP contribution in [0.2, 0.25) is 0 Å². The monoisotopic (exact) mass is 350 g/mol. The zero-order chi connectivity index (χ0) is 18.1. The third kappa shape index (κ3) is 6.34. The molecule has 0 fully saturated rings. The lowest BCUT2D eigenvalue weighted by atomic mass is 10.2. The zero-order valence-corrected chi connectivity index (χ0v) is 14.6. The smallest absolute Gasteiger partial charge is 0.161 e. The van der Waals surface area contributed by atoms with Gasteiger partial charge in [-0.05, 0) is 29.8 Å². The van der Waals surface area contributed by atoms with Crippen molar-refractivity contribution in [1.29, 1.82) is 0 Å². The van der Waals surface area contributed by atoms with Gasteiger partial charge in [-0.1, -0.05) is 18.2 Å². The quantitative estimate of drug-likeness (QED) is 0.681. The standard InChI is InChI=1S/C19H24FNO4/c1-23-18-8-5-15(9-19(18)24-2)12-25-13-17(22)11-21-10-14-3-6-16(20)7-4-14/h3-9,17,21-22H,10-13H2,1-2H3/p+1/t17-/m1/s1. The molecule has 136 valence electrons. The number of benzene rings is 2. The number of ether oxygens (including phenoxy) is 3. The molecular weight excluding hydrogens is 325 g/mol. The molecule has 2 aromatic carbocycles. The Kier molecular flexibility index (Phi) is 7.66. The van der Waals surface area contributed by atoms with E-state index < -0.39 is 6.10 Å². The average Bonchev–Trinajstić information content (AvgIpc) is 2.63. The van der Waals surface area contributed by atoms with Gasteiger partial charge in [0.1, 0.15) is 25.0 Å². The van der Waals surface area contributed by atoms with Crippen molar-refractivity contribution in [3.05, 3.63) is 59.4 Å². The van der Waals surface area contributed by atoms with E-state index in [2.05, 4.69) is 0 Å². The van der Waals surface area contributed by atoms with E-state index >= 15 is 0 Å². The van der Waals surface area contributed by atoms with Gasteiger partial charge >= 0.3 is 0 Å². The fourth-order valence-electron chi connectivity index (χ4n) is 2.41. The molecule has 2 aromatic rings. The highest BCUT2D eigenvalue weighted by Gasteiger charge is 2.09. The fraction of sp³-hybridized carbons (Fsp3) is 0.368. The number of quaternary nitrogens is 1. The topological polar surface area (TPSA) is 64.5 Å². The van der Waals surface area contributed by atoms with E-state index in [1.54, 1.807) is 26.4 Å². The summed E-state index contributed by atoms with van der Waals surface area (Å²) in [5, 5.41) is 11.9. The van der Waals surface area contributed by atoms with Gasteiger partial charge in [0.15, 0.2) is 11.5 Å². The number of halogens is 1. The van der Waals surface area contributed by atoms with Crippen molar-refractivity contribution in [2.45, 2.75) is 19.3 Å². The first kappa shape index (κ1) is 19.2. The van der Waals surface area contributed by atoms with E-state index in [0.717, 1.165) is 11.1 Å². The van der Waals surface area contributed by atoms with Gasteiger partial charge in [-0.2, -0.15) is 0 Å². The summed E-state index contributed by atoms with van der Waals surface area (Å²) in [4.78, 5) is 0. The molecule has 6 heteroatoms. The van der Waals surface area contributed by atoms with Crippen LogP contribution in [0.5, 0.6) is 11.5 Å². The van der Waals surface area contributed by atoms with Gasteiger partial charge in [-0.3, -0.25) is 0 Å². The molecule has 3 N–H and O–H groups in total. The van der Waals surface area contributed by atoms with Crippen molar-refractivity contribution in [2.24, 2.45) is 0 Å². The lowest BCUT2D eigenvalue weighted by molar-refractivity contribution is -0.676. The van der Waals surface area contributed by atoms with Crippen molar-refractivity contribution in [1.82, 2.24) is 0 Å². The number of hydrogen-bond donors (Lipinski definition) is 2. The summed E-state index contributed by atoms with van der Waals surface area (Å²) in [6.07, 6.45) is -0.569. The normalized spacial score (nSPS) is 12.0. The van der Waals surface area contributed by atoms with Gasteiger partial charge in [0.25, 0.3) is 0 Å². The predicted octanol–water partition coefficient (Wildman–Crippen LogP) is 1.48. The first-order valence-electron chi connectivity index (χ1n) is 8.15. The van der Waals surface area contributed by atoms with Crippen molar-refractivity contribution in [3.63, 3.8) is 0 Å². The Labute approximate surface area is 147 Å². The van der Waals surface area contributed by atoms with Crippen molar-refractivity contribution in [2.75, 3.05) is 27.4 Å². The van der Waals surface area contributed by atoms with E-state index in [1.807, 2.05) is 23.5 Å². The van der Waals surface area contributed by atoms with Crippen molar-refractivity contribution in [3.8, 4) is 11.5 Å². The van der Waals surface area contributed by atoms with Crippen LogP contribution >= 0.6 is 0 Å².